The van der Waals surface area contributed by atoms with Crippen molar-refractivity contribution in [1.29, 1.82) is 0 Å². The van der Waals surface area contributed by atoms with Crippen LogP contribution in [0.2, 0.25) is 0 Å². The lowest BCUT2D eigenvalue weighted by Gasteiger charge is -2.35. The number of benzene rings is 1. The number of hydrogen-bond donors (Lipinski definition) is 0. The molecule has 2 aromatic rings. The summed E-state index contributed by atoms with van der Waals surface area (Å²) in [6.45, 7) is 10.3. The quantitative estimate of drug-likeness (QED) is 0.547. The molecule has 1 aromatic carbocycles. The minimum atomic E-state index is -0.590. The van der Waals surface area contributed by atoms with E-state index in [-0.39, 0.29) is 24.8 Å². The van der Waals surface area contributed by atoms with Crippen LogP contribution in [0, 0.1) is 0 Å². The van der Waals surface area contributed by atoms with E-state index in [9.17, 15) is 9.59 Å². The van der Waals surface area contributed by atoms with Crippen LogP contribution in [-0.2, 0) is 16.1 Å². The fraction of sp³-hybridized carbons (Fsp3) is 0.500. The van der Waals surface area contributed by atoms with E-state index in [4.69, 9.17) is 9.47 Å². The number of amides is 2. The minimum Gasteiger partial charge on any atom is -0.445 e. The number of carbonyl (C=O) groups is 2. The highest BCUT2D eigenvalue weighted by molar-refractivity contribution is 5.87. The first kappa shape index (κ1) is 24.6. The normalized spacial score (nSPS) is 16.4. The molecule has 1 atom stereocenters. The van der Waals surface area contributed by atoms with Gasteiger partial charge in [-0.3, -0.25) is 4.90 Å². The van der Waals surface area contributed by atoms with Crippen molar-refractivity contribution in [3.8, 4) is 0 Å². The molecule has 2 amide bonds. The third-order valence-corrected chi connectivity index (χ3v) is 5.45. The highest BCUT2D eigenvalue weighted by Crippen LogP contribution is 2.32. The summed E-state index contributed by atoms with van der Waals surface area (Å²) >= 11 is 0. The van der Waals surface area contributed by atoms with Gasteiger partial charge in [-0.05, 0) is 71.1 Å². The zero-order valence-corrected chi connectivity index (χ0v) is 20.3. The molecule has 7 heteroatoms. The van der Waals surface area contributed by atoms with Crippen molar-refractivity contribution < 1.29 is 19.1 Å². The van der Waals surface area contributed by atoms with E-state index >= 15 is 0 Å². The summed E-state index contributed by atoms with van der Waals surface area (Å²) in [5, 5.41) is 0. The lowest BCUT2D eigenvalue weighted by atomic mass is 9.97. The number of anilines is 1. The average Bonchev–Trinajstić information content (AvgIpc) is 2.77. The first-order valence-electron chi connectivity index (χ1n) is 11.6. The van der Waals surface area contributed by atoms with Gasteiger partial charge in [0.1, 0.15) is 18.0 Å². The number of carbonyl (C=O) groups excluding carboxylic acids is 2. The number of rotatable bonds is 5. The lowest BCUT2D eigenvalue weighted by Crippen LogP contribution is -2.41. The van der Waals surface area contributed by atoms with Gasteiger partial charge in [-0.1, -0.05) is 36.4 Å². The monoisotopic (exact) mass is 453 g/mol. The van der Waals surface area contributed by atoms with Crippen molar-refractivity contribution in [3.63, 3.8) is 0 Å². The van der Waals surface area contributed by atoms with Crippen molar-refractivity contribution in [2.75, 3.05) is 11.4 Å². The van der Waals surface area contributed by atoms with Crippen LogP contribution in [0.1, 0.15) is 71.0 Å². The maximum absolute atomic E-state index is 12.9. The summed E-state index contributed by atoms with van der Waals surface area (Å²) < 4.78 is 11.1. The van der Waals surface area contributed by atoms with Gasteiger partial charge in [-0.25, -0.2) is 14.6 Å². The standard InChI is InChI=1S/C26H35N3O4/c1-19(2)29(25(31)33-26(3,4)5)23-15-14-21(17-27-23)22-13-9-10-16-28(22)24(30)32-18-20-11-7-6-8-12-20/h6-8,11-12,14-15,17,19,22H,9-10,13,16,18H2,1-5H3. The second kappa shape index (κ2) is 10.7. The van der Waals surface area contributed by atoms with Crippen LogP contribution in [0.5, 0.6) is 0 Å². The van der Waals surface area contributed by atoms with Gasteiger partial charge in [0.15, 0.2) is 0 Å². The van der Waals surface area contributed by atoms with Crippen LogP contribution >= 0.6 is 0 Å². The maximum atomic E-state index is 12.9. The van der Waals surface area contributed by atoms with Crippen LogP contribution in [0.25, 0.3) is 0 Å². The Bertz CT molecular complexity index is 923. The van der Waals surface area contributed by atoms with E-state index in [0.29, 0.717) is 12.4 Å². The largest absolute Gasteiger partial charge is 0.445 e. The topological polar surface area (TPSA) is 72.0 Å². The Kier molecular flexibility index (Phi) is 7.95. The van der Waals surface area contributed by atoms with Crippen molar-refractivity contribution in [2.45, 2.75) is 78.2 Å². The number of likely N-dealkylation sites (tertiary alicyclic amines) is 1. The molecule has 3 rings (SSSR count). The summed E-state index contributed by atoms with van der Waals surface area (Å²) in [5.74, 6) is 0.525. The molecule has 1 aromatic heterocycles. The van der Waals surface area contributed by atoms with Crippen molar-refractivity contribution in [2.24, 2.45) is 0 Å². The first-order chi connectivity index (χ1) is 15.7. The SMILES string of the molecule is CC(C)N(C(=O)OC(C)(C)C)c1ccc(C2CCCCN2C(=O)OCc2ccccc2)cn1. The Balaban J connectivity index is 1.72. The van der Waals surface area contributed by atoms with Crippen LogP contribution in [0.4, 0.5) is 15.4 Å². The van der Waals surface area contributed by atoms with Gasteiger partial charge in [0, 0.05) is 18.8 Å². The fourth-order valence-electron chi connectivity index (χ4n) is 3.92. The third-order valence-electron chi connectivity index (χ3n) is 5.45. The van der Waals surface area contributed by atoms with E-state index in [2.05, 4.69) is 4.98 Å². The van der Waals surface area contributed by atoms with Gasteiger partial charge in [0.05, 0.1) is 6.04 Å². The Hall–Kier alpha value is -3.09. The zero-order chi connectivity index (χ0) is 24.0. The molecule has 7 nitrogen and oxygen atoms in total. The summed E-state index contributed by atoms with van der Waals surface area (Å²) in [7, 11) is 0. The van der Waals surface area contributed by atoms with E-state index in [0.717, 1.165) is 30.4 Å². The molecule has 33 heavy (non-hydrogen) atoms. The fourth-order valence-corrected chi connectivity index (χ4v) is 3.92. The van der Waals surface area contributed by atoms with Gasteiger partial charge in [-0.15, -0.1) is 0 Å². The number of hydrogen-bond acceptors (Lipinski definition) is 5. The molecule has 1 unspecified atom stereocenters. The van der Waals surface area contributed by atoms with Crippen molar-refractivity contribution >= 4 is 18.0 Å². The Morgan fingerprint density at radius 1 is 1.12 bits per heavy atom. The number of nitrogens with zero attached hydrogens (tertiary/aromatic N) is 3. The van der Waals surface area contributed by atoms with Gasteiger partial charge < -0.3 is 14.4 Å². The number of piperidine rings is 1. The Morgan fingerprint density at radius 3 is 2.45 bits per heavy atom. The Labute approximate surface area is 196 Å². The molecule has 0 radical (unpaired) electrons. The molecule has 2 heterocycles. The molecule has 1 saturated heterocycles. The number of ether oxygens (including phenoxy) is 2. The minimum absolute atomic E-state index is 0.0994. The van der Waals surface area contributed by atoms with Crippen LogP contribution in [-0.4, -0.2) is 40.3 Å². The molecule has 0 spiro atoms. The van der Waals surface area contributed by atoms with Gasteiger partial charge in [0.25, 0.3) is 0 Å². The van der Waals surface area contributed by atoms with Gasteiger partial charge in [0.2, 0.25) is 0 Å². The second-order valence-electron chi connectivity index (χ2n) is 9.64. The predicted octanol–water partition coefficient (Wildman–Crippen LogP) is 6.10. The highest BCUT2D eigenvalue weighted by Gasteiger charge is 2.31. The van der Waals surface area contributed by atoms with Crippen molar-refractivity contribution in [3.05, 3.63) is 59.8 Å². The van der Waals surface area contributed by atoms with E-state index in [1.54, 1.807) is 16.0 Å². The summed E-state index contributed by atoms with van der Waals surface area (Å²) in [6.07, 6.45) is 3.84. The molecule has 0 saturated carbocycles. The molecule has 0 bridgehead atoms. The maximum Gasteiger partial charge on any atom is 0.416 e. The molecular weight excluding hydrogens is 418 g/mol. The van der Waals surface area contributed by atoms with E-state index in [1.807, 2.05) is 77.1 Å². The van der Waals surface area contributed by atoms with Crippen LogP contribution in [0.3, 0.4) is 0 Å². The molecule has 178 valence electrons. The number of aromatic nitrogens is 1. The molecular formula is C26H35N3O4. The first-order valence-corrected chi connectivity index (χ1v) is 11.6. The Morgan fingerprint density at radius 2 is 1.85 bits per heavy atom. The smallest absolute Gasteiger partial charge is 0.416 e. The lowest BCUT2D eigenvalue weighted by molar-refractivity contribution is 0.0569. The van der Waals surface area contributed by atoms with Crippen LogP contribution < -0.4 is 4.90 Å². The molecule has 1 aliphatic heterocycles. The van der Waals surface area contributed by atoms with Gasteiger partial charge >= 0.3 is 12.2 Å². The summed E-state index contributed by atoms with van der Waals surface area (Å²) in [4.78, 5) is 33.5. The zero-order valence-electron chi connectivity index (χ0n) is 20.3. The third kappa shape index (κ3) is 6.70. The molecule has 1 aliphatic rings. The van der Waals surface area contributed by atoms with Crippen LogP contribution in [0.15, 0.2) is 48.7 Å². The highest BCUT2D eigenvalue weighted by atomic mass is 16.6. The molecule has 1 fully saturated rings. The average molecular weight is 454 g/mol. The summed E-state index contributed by atoms with van der Waals surface area (Å²) in [5.41, 5.74) is 1.30. The summed E-state index contributed by atoms with van der Waals surface area (Å²) in [6, 6.07) is 13.2. The molecule has 0 aliphatic carbocycles. The van der Waals surface area contributed by atoms with E-state index < -0.39 is 11.7 Å². The van der Waals surface area contributed by atoms with Gasteiger partial charge in [-0.2, -0.15) is 0 Å². The van der Waals surface area contributed by atoms with Crippen molar-refractivity contribution in [1.82, 2.24) is 9.88 Å². The number of pyridine rings is 1. The van der Waals surface area contributed by atoms with E-state index in [1.165, 1.54) is 0 Å². The molecule has 0 N–H and O–H groups in total. The second-order valence-corrected chi connectivity index (χ2v) is 9.64. The predicted molar refractivity (Wildman–Crippen MR) is 128 cm³/mol.